The van der Waals surface area contributed by atoms with Gasteiger partial charge in [-0.15, -0.1) is 0 Å². The summed E-state index contributed by atoms with van der Waals surface area (Å²) in [5.74, 6) is 0.573. The number of carbonyl (C=O) groups is 1. The van der Waals surface area contributed by atoms with E-state index in [4.69, 9.17) is 4.74 Å². The van der Waals surface area contributed by atoms with Crippen LogP contribution in [0.15, 0.2) is 30.3 Å². The first-order chi connectivity index (χ1) is 7.79. The molecule has 1 amide bonds. The minimum absolute atomic E-state index is 0.294. The molecule has 1 aromatic carbocycles. The standard InChI is InChI=1S/C12H14BrNO2/c13-7-10-6-11(10)14-12(15)16-8-9-4-2-1-3-5-9/h1-5,10-11H,6-8H2,(H,14,15). The van der Waals surface area contributed by atoms with Crippen molar-refractivity contribution in [2.45, 2.75) is 19.1 Å². The summed E-state index contributed by atoms with van der Waals surface area (Å²) in [5.41, 5.74) is 1.01. The molecule has 16 heavy (non-hydrogen) atoms. The topological polar surface area (TPSA) is 38.3 Å². The van der Waals surface area contributed by atoms with E-state index >= 15 is 0 Å². The minimum atomic E-state index is -0.322. The fraction of sp³-hybridized carbons (Fsp3) is 0.417. The molecule has 0 heterocycles. The van der Waals surface area contributed by atoms with Gasteiger partial charge in [-0.2, -0.15) is 0 Å². The monoisotopic (exact) mass is 283 g/mol. The molecule has 1 saturated carbocycles. The number of amides is 1. The third-order valence-electron chi connectivity index (χ3n) is 2.64. The molecule has 1 aromatic rings. The van der Waals surface area contributed by atoms with Gasteiger partial charge in [0.15, 0.2) is 0 Å². The quantitative estimate of drug-likeness (QED) is 0.863. The lowest BCUT2D eigenvalue weighted by molar-refractivity contribution is 0.138. The molecule has 1 N–H and O–H groups in total. The second-order valence-electron chi connectivity index (χ2n) is 3.96. The van der Waals surface area contributed by atoms with E-state index < -0.39 is 0 Å². The van der Waals surface area contributed by atoms with Gasteiger partial charge in [-0.05, 0) is 17.9 Å². The normalized spacial score (nSPS) is 22.6. The fourth-order valence-corrected chi connectivity index (χ4v) is 2.23. The van der Waals surface area contributed by atoms with Crippen molar-refractivity contribution in [2.75, 3.05) is 5.33 Å². The van der Waals surface area contributed by atoms with Gasteiger partial charge in [-0.25, -0.2) is 4.79 Å². The summed E-state index contributed by atoms with van der Waals surface area (Å²) in [7, 11) is 0. The largest absolute Gasteiger partial charge is 0.445 e. The molecule has 1 fully saturated rings. The van der Waals surface area contributed by atoms with Gasteiger partial charge in [0.05, 0.1) is 0 Å². The number of alkyl carbamates (subject to hydrolysis) is 1. The molecule has 0 aliphatic heterocycles. The lowest BCUT2D eigenvalue weighted by Gasteiger charge is -2.06. The molecule has 4 heteroatoms. The Kier molecular flexibility index (Phi) is 3.83. The highest BCUT2D eigenvalue weighted by atomic mass is 79.9. The Morgan fingerprint density at radius 2 is 2.19 bits per heavy atom. The first-order valence-electron chi connectivity index (χ1n) is 5.33. The second-order valence-corrected chi connectivity index (χ2v) is 4.61. The summed E-state index contributed by atoms with van der Waals surface area (Å²) in [6.45, 7) is 0.332. The van der Waals surface area contributed by atoms with Gasteiger partial charge in [0.2, 0.25) is 0 Å². The van der Waals surface area contributed by atoms with Crippen molar-refractivity contribution in [3.63, 3.8) is 0 Å². The molecule has 2 unspecified atom stereocenters. The number of halogens is 1. The van der Waals surface area contributed by atoms with E-state index in [-0.39, 0.29) is 6.09 Å². The predicted molar refractivity (Wildman–Crippen MR) is 65.5 cm³/mol. The Labute approximate surface area is 103 Å². The van der Waals surface area contributed by atoms with Gasteiger partial charge in [0.1, 0.15) is 6.61 Å². The number of benzene rings is 1. The number of alkyl halides is 1. The van der Waals surface area contributed by atoms with Crippen molar-refractivity contribution in [1.82, 2.24) is 5.32 Å². The van der Waals surface area contributed by atoms with Gasteiger partial charge in [-0.1, -0.05) is 46.3 Å². The maximum atomic E-state index is 11.4. The van der Waals surface area contributed by atoms with Crippen LogP contribution in [-0.4, -0.2) is 17.5 Å². The van der Waals surface area contributed by atoms with Crippen LogP contribution >= 0.6 is 15.9 Å². The number of hydrogen-bond donors (Lipinski definition) is 1. The lowest BCUT2D eigenvalue weighted by atomic mass is 10.2. The molecule has 1 aliphatic carbocycles. The number of hydrogen-bond acceptors (Lipinski definition) is 2. The zero-order valence-electron chi connectivity index (χ0n) is 8.86. The van der Waals surface area contributed by atoms with E-state index in [1.165, 1.54) is 0 Å². The Morgan fingerprint density at radius 1 is 1.44 bits per heavy atom. The van der Waals surface area contributed by atoms with Crippen LogP contribution in [-0.2, 0) is 11.3 Å². The van der Waals surface area contributed by atoms with Crippen molar-refractivity contribution in [1.29, 1.82) is 0 Å². The van der Waals surface area contributed by atoms with Gasteiger partial charge < -0.3 is 10.1 Å². The van der Waals surface area contributed by atoms with E-state index in [0.29, 0.717) is 18.6 Å². The summed E-state index contributed by atoms with van der Waals surface area (Å²) in [5, 5.41) is 3.78. The molecule has 2 rings (SSSR count). The van der Waals surface area contributed by atoms with Crippen molar-refractivity contribution >= 4 is 22.0 Å². The Balaban J connectivity index is 1.69. The van der Waals surface area contributed by atoms with E-state index in [9.17, 15) is 4.79 Å². The highest BCUT2D eigenvalue weighted by molar-refractivity contribution is 9.09. The average Bonchev–Trinajstić information content (AvgIpc) is 3.06. The van der Waals surface area contributed by atoms with Crippen molar-refractivity contribution < 1.29 is 9.53 Å². The molecule has 0 radical (unpaired) electrons. The zero-order valence-corrected chi connectivity index (χ0v) is 10.4. The predicted octanol–water partition coefficient (Wildman–Crippen LogP) is 2.70. The van der Waals surface area contributed by atoms with Crippen LogP contribution in [0.25, 0.3) is 0 Å². The Bertz CT molecular complexity index is 355. The Hall–Kier alpha value is -1.03. The van der Waals surface area contributed by atoms with Crippen LogP contribution in [0.5, 0.6) is 0 Å². The fourth-order valence-electron chi connectivity index (χ4n) is 1.51. The first-order valence-corrected chi connectivity index (χ1v) is 6.45. The summed E-state index contributed by atoms with van der Waals surface area (Å²) < 4.78 is 5.11. The molecule has 0 aromatic heterocycles. The molecular formula is C12H14BrNO2. The molecule has 3 nitrogen and oxygen atoms in total. The Morgan fingerprint density at radius 3 is 2.81 bits per heavy atom. The van der Waals surface area contributed by atoms with Crippen molar-refractivity contribution in [3.8, 4) is 0 Å². The molecule has 0 saturated heterocycles. The van der Waals surface area contributed by atoms with Crippen LogP contribution in [0.1, 0.15) is 12.0 Å². The van der Waals surface area contributed by atoms with Crippen LogP contribution in [0, 0.1) is 5.92 Å². The lowest BCUT2D eigenvalue weighted by Crippen LogP contribution is -2.27. The molecular weight excluding hydrogens is 270 g/mol. The average molecular weight is 284 g/mol. The molecule has 1 aliphatic rings. The first kappa shape index (κ1) is 11.5. The summed E-state index contributed by atoms with van der Waals surface area (Å²) in [6, 6.07) is 9.96. The number of nitrogens with one attached hydrogen (secondary N) is 1. The molecule has 0 spiro atoms. The van der Waals surface area contributed by atoms with Gasteiger partial charge >= 0.3 is 6.09 Å². The number of carbonyl (C=O) groups excluding carboxylic acids is 1. The number of rotatable bonds is 4. The van der Waals surface area contributed by atoms with Crippen LogP contribution in [0.4, 0.5) is 4.79 Å². The van der Waals surface area contributed by atoms with Gasteiger partial charge in [0, 0.05) is 11.4 Å². The highest BCUT2D eigenvalue weighted by Gasteiger charge is 2.37. The van der Waals surface area contributed by atoms with Gasteiger partial charge in [0.25, 0.3) is 0 Å². The SMILES string of the molecule is O=C(NC1CC1CBr)OCc1ccccc1. The van der Waals surface area contributed by atoms with Crippen molar-refractivity contribution in [3.05, 3.63) is 35.9 Å². The third kappa shape index (κ3) is 3.23. The summed E-state index contributed by atoms with van der Waals surface area (Å²) in [4.78, 5) is 11.4. The number of ether oxygens (including phenoxy) is 1. The maximum Gasteiger partial charge on any atom is 0.407 e. The van der Waals surface area contributed by atoms with Crippen LogP contribution in [0.2, 0.25) is 0 Å². The molecule has 86 valence electrons. The molecule has 2 atom stereocenters. The third-order valence-corrected chi connectivity index (χ3v) is 3.47. The van der Waals surface area contributed by atoms with E-state index in [1.54, 1.807) is 0 Å². The van der Waals surface area contributed by atoms with E-state index in [0.717, 1.165) is 17.3 Å². The smallest absolute Gasteiger partial charge is 0.407 e. The highest BCUT2D eigenvalue weighted by Crippen LogP contribution is 2.31. The summed E-state index contributed by atoms with van der Waals surface area (Å²) >= 11 is 3.39. The van der Waals surface area contributed by atoms with E-state index in [2.05, 4.69) is 21.2 Å². The maximum absolute atomic E-state index is 11.4. The van der Waals surface area contributed by atoms with Gasteiger partial charge in [-0.3, -0.25) is 0 Å². The summed E-state index contributed by atoms with van der Waals surface area (Å²) in [6.07, 6.45) is 0.725. The van der Waals surface area contributed by atoms with E-state index in [1.807, 2.05) is 30.3 Å². The minimum Gasteiger partial charge on any atom is -0.445 e. The van der Waals surface area contributed by atoms with Crippen LogP contribution < -0.4 is 5.32 Å². The van der Waals surface area contributed by atoms with Crippen molar-refractivity contribution in [2.24, 2.45) is 5.92 Å². The zero-order chi connectivity index (χ0) is 11.4. The van der Waals surface area contributed by atoms with Crippen LogP contribution in [0.3, 0.4) is 0 Å². The second kappa shape index (κ2) is 5.34. The molecule has 0 bridgehead atoms.